The third-order valence-electron chi connectivity index (χ3n) is 3.40. The van der Waals surface area contributed by atoms with Crippen LogP contribution < -0.4 is 20.6 Å². The highest BCUT2D eigenvalue weighted by Gasteiger charge is 2.11. The lowest BCUT2D eigenvalue weighted by atomic mass is 10.2. The smallest absolute Gasteiger partial charge is 0.273 e. The van der Waals surface area contributed by atoms with E-state index in [2.05, 4.69) is 15.8 Å². The Kier molecular flexibility index (Phi) is 6.10. The van der Waals surface area contributed by atoms with Gasteiger partial charge in [-0.25, -0.2) is 5.43 Å². The van der Waals surface area contributed by atoms with E-state index in [4.69, 9.17) is 4.74 Å². The van der Waals surface area contributed by atoms with Crippen molar-refractivity contribution in [3.8, 4) is 11.5 Å². The number of benzene rings is 2. The van der Waals surface area contributed by atoms with E-state index in [1.165, 1.54) is 7.11 Å². The summed E-state index contributed by atoms with van der Waals surface area (Å²) in [6.07, 6.45) is 1.04. The number of hydrazone groups is 1. The third-order valence-corrected chi connectivity index (χ3v) is 3.40. The molecule has 0 radical (unpaired) electrons. The Morgan fingerprint density at radius 1 is 1.31 bits per heavy atom. The van der Waals surface area contributed by atoms with E-state index >= 15 is 0 Å². The van der Waals surface area contributed by atoms with Crippen LogP contribution in [0.5, 0.6) is 11.5 Å². The van der Waals surface area contributed by atoms with Crippen molar-refractivity contribution in [3.63, 3.8) is 0 Å². The minimum Gasteiger partial charge on any atom is -0.870 e. The summed E-state index contributed by atoms with van der Waals surface area (Å²) in [7, 11) is 1.24. The number of hydrogen-bond donors (Lipinski definition) is 2. The Balaban J connectivity index is 1.98. The molecule has 9 nitrogen and oxygen atoms in total. The van der Waals surface area contributed by atoms with Crippen molar-refractivity contribution < 1.29 is 19.6 Å². The molecule has 0 saturated carbocycles. The lowest BCUT2D eigenvalue weighted by Gasteiger charge is -2.14. The van der Waals surface area contributed by atoms with Crippen molar-refractivity contribution in [2.45, 2.75) is 6.92 Å². The molecule has 2 N–H and O–H groups in total. The van der Waals surface area contributed by atoms with E-state index in [-0.39, 0.29) is 23.5 Å². The zero-order valence-electron chi connectivity index (χ0n) is 14.2. The molecule has 26 heavy (non-hydrogen) atoms. The normalized spacial score (nSPS) is 10.5. The topological polar surface area (TPSA) is 129 Å². The van der Waals surface area contributed by atoms with Gasteiger partial charge in [0.2, 0.25) is 0 Å². The number of aryl methyl sites for hydroxylation is 1. The van der Waals surface area contributed by atoms with Crippen molar-refractivity contribution in [1.29, 1.82) is 0 Å². The first kappa shape index (κ1) is 18.7. The quantitative estimate of drug-likeness (QED) is 0.439. The zero-order valence-corrected chi connectivity index (χ0v) is 14.2. The Bertz CT molecular complexity index is 834. The number of nitrogens with zero attached hydrogens (tertiary/aromatic N) is 2. The second kappa shape index (κ2) is 8.47. The molecule has 2 aromatic carbocycles. The Labute approximate surface area is 149 Å². The number of nitro groups is 1. The molecule has 0 aliphatic heterocycles. The highest BCUT2D eigenvalue weighted by Crippen LogP contribution is 2.31. The summed E-state index contributed by atoms with van der Waals surface area (Å²) in [5.74, 6) is -1.17. The van der Waals surface area contributed by atoms with Crippen molar-refractivity contribution in [3.05, 3.63) is 57.6 Å². The van der Waals surface area contributed by atoms with Crippen molar-refractivity contribution in [1.82, 2.24) is 5.43 Å². The van der Waals surface area contributed by atoms with Gasteiger partial charge in [0.05, 0.1) is 30.9 Å². The third kappa shape index (κ3) is 4.94. The first-order valence-electron chi connectivity index (χ1n) is 7.56. The number of nitro benzene ring substituents is 1. The molecule has 0 aliphatic carbocycles. The van der Waals surface area contributed by atoms with Crippen LogP contribution in [-0.4, -0.2) is 30.7 Å². The molecule has 0 atom stereocenters. The molecule has 2 aromatic rings. The lowest BCUT2D eigenvalue weighted by Crippen LogP contribution is -2.25. The fraction of sp³-hybridized carbons (Fsp3) is 0.176. The van der Waals surface area contributed by atoms with Gasteiger partial charge in [0.15, 0.2) is 0 Å². The van der Waals surface area contributed by atoms with E-state index < -0.39 is 16.6 Å². The Morgan fingerprint density at radius 2 is 2.00 bits per heavy atom. The number of anilines is 1. The summed E-state index contributed by atoms with van der Waals surface area (Å²) in [6.45, 7) is 1.93. The van der Waals surface area contributed by atoms with Gasteiger partial charge in [-0.2, -0.15) is 5.10 Å². The van der Waals surface area contributed by atoms with E-state index in [1.807, 2.05) is 31.2 Å². The molecule has 0 unspecified atom stereocenters. The van der Waals surface area contributed by atoms with Gasteiger partial charge < -0.3 is 15.2 Å². The van der Waals surface area contributed by atoms with Crippen LogP contribution in [0.2, 0.25) is 0 Å². The molecule has 0 heterocycles. The van der Waals surface area contributed by atoms with E-state index in [0.29, 0.717) is 0 Å². The number of nitrogens with one attached hydrogen (secondary N) is 2. The van der Waals surface area contributed by atoms with Gasteiger partial charge in [0, 0.05) is 11.8 Å². The van der Waals surface area contributed by atoms with Crippen LogP contribution in [-0.2, 0) is 4.79 Å². The SMILES string of the molecule is COc1cc([N+](=O)[O-])cc(/C=N\NC(=O)CNc2ccc(C)cc2)c1[O-]. The first-order chi connectivity index (χ1) is 12.4. The van der Waals surface area contributed by atoms with Gasteiger partial charge in [0.1, 0.15) is 5.75 Å². The standard InChI is InChI=1S/C17H18N4O5/c1-11-3-5-13(6-4-11)18-10-16(22)20-19-9-12-7-14(21(24)25)8-15(26-2)17(12)23/h3-9,18,23H,10H2,1-2H3,(H,20,22)/p-1/b19-9-. The molecule has 0 saturated heterocycles. The summed E-state index contributed by atoms with van der Waals surface area (Å²) >= 11 is 0. The minimum absolute atomic E-state index is 0.0249. The van der Waals surface area contributed by atoms with E-state index in [0.717, 1.165) is 29.6 Å². The number of methoxy groups -OCH3 is 1. The number of carbonyl (C=O) groups is 1. The maximum Gasteiger partial charge on any atom is 0.273 e. The van der Waals surface area contributed by atoms with Crippen LogP contribution in [0.4, 0.5) is 11.4 Å². The fourth-order valence-electron chi connectivity index (χ4n) is 2.03. The molecule has 0 aliphatic rings. The number of amides is 1. The molecule has 9 heteroatoms. The molecule has 0 fully saturated rings. The molecule has 2 rings (SSSR count). The van der Waals surface area contributed by atoms with Crippen LogP contribution >= 0.6 is 0 Å². The number of carbonyl (C=O) groups excluding carboxylic acids is 1. The van der Waals surface area contributed by atoms with E-state index in [1.54, 1.807) is 0 Å². The van der Waals surface area contributed by atoms with Gasteiger partial charge in [-0.1, -0.05) is 23.4 Å². The first-order valence-corrected chi connectivity index (χ1v) is 7.56. The predicted octanol–water partition coefficient (Wildman–Crippen LogP) is 1.55. The fourth-order valence-corrected chi connectivity index (χ4v) is 2.03. The van der Waals surface area contributed by atoms with Crippen LogP contribution in [0, 0.1) is 17.0 Å². The number of hydrogen-bond acceptors (Lipinski definition) is 7. The van der Waals surface area contributed by atoms with Crippen molar-refractivity contribution >= 4 is 23.5 Å². The number of rotatable bonds is 7. The molecular weight excluding hydrogens is 340 g/mol. The largest absolute Gasteiger partial charge is 0.870 e. The van der Waals surface area contributed by atoms with Crippen LogP contribution in [0.3, 0.4) is 0 Å². The molecule has 0 spiro atoms. The summed E-state index contributed by atoms with van der Waals surface area (Å²) in [5.41, 5.74) is 3.75. The molecule has 0 aromatic heterocycles. The van der Waals surface area contributed by atoms with Crippen LogP contribution in [0.1, 0.15) is 11.1 Å². The zero-order chi connectivity index (χ0) is 19.1. The predicted molar refractivity (Wildman–Crippen MR) is 94.5 cm³/mol. The maximum atomic E-state index is 12.0. The second-order valence-electron chi connectivity index (χ2n) is 5.34. The summed E-state index contributed by atoms with van der Waals surface area (Å²) in [4.78, 5) is 22.0. The molecule has 1 amide bonds. The van der Waals surface area contributed by atoms with E-state index in [9.17, 15) is 20.0 Å². The van der Waals surface area contributed by atoms with Crippen LogP contribution in [0.25, 0.3) is 0 Å². The maximum absolute atomic E-state index is 12.0. The summed E-state index contributed by atoms with van der Waals surface area (Å²) < 4.78 is 4.82. The number of ether oxygens (including phenoxy) is 1. The number of non-ortho nitro benzene ring substituents is 1. The van der Waals surface area contributed by atoms with Crippen LogP contribution in [0.15, 0.2) is 41.5 Å². The Morgan fingerprint density at radius 3 is 2.62 bits per heavy atom. The summed E-state index contributed by atoms with van der Waals surface area (Å²) in [5, 5.41) is 29.5. The minimum atomic E-state index is -0.649. The van der Waals surface area contributed by atoms with Gasteiger partial charge in [-0.05, 0) is 24.6 Å². The monoisotopic (exact) mass is 357 g/mol. The van der Waals surface area contributed by atoms with Gasteiger partial charge in [-0.15, -0.1) is 0 Å². The van der Waals surface area contributed by atoms with Gasteiger partial charge in [0.25, 0.3) is 11.6 Å². The highest BCUT2D eigenvalue weighted by atomic mass is 16.6. The van der Waals surface area contributed by atoms with Gasteiger partial charge >= 0.3 is 0 Å². The highest BCUT2D eigenvalue weighted by molar-refractivity contribution is 5.88. The van der Waals surface area contributed by atoms with Gasteiger partial charge in [-0.3, -0.25) is 14.9 Å². The second-order valence-corrected chi connectivity index (χ2v) is 5.34. The average Bonchev–Trinajstić information content (AvgIpc) is 2.62. The van der Waals surface area contributed by atoms with Crippen molar-refractivity contribution in [2.75, 3.05) is 19.0 Å². The molecular formula is C17H17N4O5-. The van der Waals surface area contributed by atoms with Crippen molar-refractivity contribution in [2.24, 2.45) is 5.10 Å². The average molecular weight is 357 g/mol. The molecule has 0 bridgehead atoms. The summed E-state index contributed by atoms with van der Waals surface area (Å²) in [6, 6.07) is 9.58. The lowest BCUT2D eigenvalue weighted by molar-refractivity contribution is -0.385. The Hall–Kier alpha value is -3.62. The molecule has 136 valence electrons.